The summed E-state index contributed by atoms with van der Waals surface area (Å²) < 4.78 is 5.38. The number of nitro benzene ring substituents is 1. The van der Waals surface area contributed by atoms with E-state index in [4.69, 9.17) is 4.74 Å². The molecule has 1 heterocycles. The van der Waals surface area contributed by atoms with Crippen LogP contribution in [0.15, 0.2) is 18.2 Å². The number of nitrogens with one attached hydrogen (secondary N) is 2. The standard InChI is InChI=1S/C14H21N3O3/c1-3-8-15-11-5-4-6-12(13(11)17(18)19)16-14(2)7-9-20-10-14/h4-6,15-16H,3,7-10H2,1-2H3. The van der Waals surface area contributed by atoms with E-state index in [1.165, 1.54) is 0 Å². The summed E-state index contributed by atoms with van der Waals surface area (Å²) in [5.74, 6) is 0. The lowest BCUT2D eigenvalue weighted by Crippen LogP contribution is -2.35. The van der Waals surface area contributed by atoms with Gasteiger partial charge in [-0.3, -0.25) is 10.1 Å². The van der Waals surface area contributed by atoms with Crippen LogP contribution < -0.4 is 10.6 Å². The Bertz CT molecular complexity index is 485. The number of benzene rings is 1. The summed E-state index contributed by atoms with van der Waals surface area (Å²) in [4.78, 5) is 11.0. The van der Waals surface area contributed by atoms with Gasteiger partial charge in [-0.2, -0.15) is 0 Å². The van der Waals surface area contributed by atoms with Crippen molar-refractivity contribution in [3.8, 4) is 0 Å². The Morgan fingerprint density at radius 2 is 2.20 bits per heavy atom. The Hall–Kier alpha value is -1.82. The number of para-hydroxylation sites is 1. The molecule has 0 bridgehead atoms. The summed E-state index contributed by atoms with van der Waals surface area (Å²) >= 11 is 0. The number of nitrogens with zero attached hydrogens (tertiary/aromatic N) is 1. The SMILES string of the molecule is CCCNc1cccc(NC2(C)CCOC2)c1[N+](=O)[O-]. The predicted octanol–water partition coefficient (Wildman–Crippen LogP) is 3.01. The molecule has 0 saturated carbocycles. The highest BCUT2D eigenvalue weighted by Gasteiger charge is 2.32. The Labute approximate surface area is 118 Å². The number of hydrogen-bond acceptors (Lipinski definition) is 5. The summed E-state index contributed by atoms with van der Waals surface area (Å²) in [7, 11) is 0. The molecule has 1 saturated heterocycles. The van der Waals surface area contributed by atoms with Crippen molar-refractivity contribution in [1.82, 2.24) is 0 Å². The van der Waals surface area contributed by atoms with Gasteiger partial charge in [0.25, 0.3) is 0 Å². The normalized spacial score (nSPS) is 21.7. The van der Waals surface area contributed by atoms with Crippen LogP contribution in [0.1, 0.15) is 26.7 Å². The van der Waals surface area contributed by atoms with E-state index >= 15 is 0 Å². The highest BCUT2D eigenvalue weighted by molar-refractivity contribution is 5.76. The van der Waals surface area contributed by atoms with Gasteiger partial charge in [0, 0.05) is 13.2 Å². The highest BCUT2D eigenvalue weighted by Crippen LogP contribution is 2.36. The van der Waals surface area contributed by atoms with Crippen molar-refractivity contribution in [1.29, 1.82) is 0 Å². The van der Waals surface area contributed by atoms with E-state index < -0.39 is 0 Å². The van der Waals surface area contributed by atoms with Crippen molar-refractivity contribution in [3.05, 3.63) is 28.3 Å². The molecule has 0 spiro atoms. The minimum Gasteiger partial charge on any atom is -0.379 e. The summed E-state index contributed by atoms with van der Waals surface area (Å²) in [5, 5.41) is 17.8. The first-order valence-electron chi connectivity index (χ1n) is 6.93. The fourth-order valence-corrected chi connectivity index (χ4v) is 2.33. The van der Waals surface area contributed by atoms with E-state index in [2.05, 4.69) is 10.6 Å². The third-order valence-corrected chi connectivity index (χ3v) is 3.44. The smallest absolute Gasteiger partial charge is 0.315 e. The predicted molar refractivity (Wildman–Crippen MR) is 79.3 cm³/mol. The van der Waals surface area contributed by atoms with Gasteiger partial charge in [-0.15, -0.1) is 0 Å². The molecule has 6 nitrogen and oxygen atoms in total. The molecule has 1 aromatic rings. The molecule has 0 amide bonds. The zero-order valence-electron chi connectivity index (χ0n) is 11.9. The van der Waals surface area contributed by atoms with E-state index in [0.29, 0.717) is 31.1 Å². The number of ether oxygens (including phenoxy) is 1. The molecule has 2 rings (SSSR count). The third-order valence-electron chi connectivity index (χ3n) is 3.44. The maximum absolute atomic E-state index is 11.4. The van der Waals surface area contributed by atoms with Gasteiger partial charge in [0.1, 0.15) is 11.4 Å². The second-order valence-electron chi connectivity index (χ2n) is 5.37. The Kier molecular flexibility index (Phi) is 4.44. The number of hydrogen-bond donors (Lipinski definition) is 2. The first-order valence-corrected chi connectivity index (χ1v) is 6.93. The molecule has 1 aliphatic rings. The van der Waals surface area contributed by atoms with E-state index in [1.807, 2.05) is 19.9 Å². The topological polar surface area (TPSA) is 76.4 Å². The Morgan fingerprint density at radius 3 is 2.80 bits per heavy atom. The Morgan fingerprint density at radius 1 is 1.45 bits per heavy atom. The van der Waals surface area contributed by atoms with Gasteiger partial charge in [-0.25, -0.2) is 0 Å². The summed E-state index contributed by atoms with van der Waals surface area (Å²) in [6.45, 7) is 6.01. The van der Waals surface area contributed by atoms with Gasteiger partial charge in [-0.1, -0.05) is 13.0 Å². The molecule has 6 heteroatoms. The molecular formula is C14H21N3O3. The molecule has 1 aromatic carbocycles. The minimum absolute atomic E-state index is 0.106. The van der Waals surface area contributed by atoms with E-state index in [-0.39, 0.29) is 16.1 Å². The van der Waals surface area contributed by atoms with Crippen LogP contribution >= 0.6 is 0 Å². The van der Waals surface area contributed by atoms with Crippen LogP contribution in [0.25, 0.3) is 0 Å². The fraction of sp³-hybridized carbons (Fsp3) is 0.571. The maximum atomic E-state index is 11.4. The molecule has 20 heavy (non-hydrogen) atoms. The number of nitro groups is 1. The quantitative estimate of drug-likeness (QED) is 0.618. The molecule has 110 valence electrons. The van der Waals surface area contributed by atoms with Crippen molar-refractivity contribution < 1.29 is 9.66 Å². The van der Waals surface area contributed by atoms with Crippen LogP contribution in [0, 0.1) is 10.1 Å². The van der Waals surface area contributed by atoms with Gasteiger partial charge >= 0.3 is 5.69 Å². The molecular weight excluding hydrogens is 258 g/mol. The summed E-state index contributed by atoms with van der Waals surface area (Å²) in [6.07, 6.45) is 1.76. The average molecular weight is 279 g/mol. The second-order valence-corrected chi connectivity index (χ2v) is 5.37. The van der Waals surface area contributed by atoms with Crippen molar-refractivity contribution in [3.63, 3.8) is 0 Å². The van der Waals surface area contributed by atoms with Crippen molar-refractivity contribution in [2.75, 3.05) is 30.4 Å². The lowest BCUT2D eigenvalue weighted by atomic mass is 10.0. The van der Waals surface area contributed by atoms with E-state index in [1.54, 1.807) is 12.1 Å². The Balaban J connectivity index is 2.29. The lowest BCUT2D eigenvalue weighted by molar-refractivity contribution is -0.383. The zero-order valence-corrected chi connectivity index (χ0v) is 11.9. The molecule has 1 fully saturated rings. The van der Waals surface area contributed by atoms with Crippen LogP contribution in [0.2, 0.25) is 0 Å². The van der Waals surface area contributed by atoms with Crippen LogP contribution in [0.5, 0.6) is 0 Å². The van der Waals surface area contributed by atoms with Crippen molar-refractivity contribution >= 4 is 17.1 Å². The summed E-state index contributed by atoms with van der Waals surface area (Å²) in [6, 6.07) is 5.32. The third kappa shape index (κ3) is 3.19. The molecule has 0 radical (unpaired) electrons. The minimum atomic E-state index is -0.334. The molecule has 1 unspecified atom stereocenters. The fourth-order valence-electron chi connectivity index (χ4n) is 2.33. The van der Waals surface area contributed by atoms with Gasteiger partial charge in [0.05, 0.1) is 17.1 Å². The van der Waals surface area contributed by atoms with E-state index in [9.17, 15) is 10.1 Å². The molecule has 1 atom stereocenters. The maximum Gasteiger partial charge on any atom is 0.315 e. The first kappa shape index (κ1) is 14.6. The number of rotatable bonds is 6. The summed E-state index contributed by atoms with van der Waals surface area (Å²) in [5.41, 5.74) is 0.969. The van der Waals surface area contributed by atoms with E-state index in [0.717, 1.165) is 12.8 Å². The average Bonchev–Trinajstić information content (AvgIpc) is 2.82. The van der Waals surface area contributed by atoms with Crippen LogP contribution in [0.4, 0.5) is 17.1 Å². The largest absolute Gasteiger partial charge is 0.379 e. The van der Waals surface area contributed by atoms with Gasteiger partial charge in [0.2, 0.25) is 0 Å². The molecule has 1 aliphatic heterocycles. The van der Waals surface area contributed by atoms with Crippen molar-refractivity contribution in [2.24, 2.45) is 0 Å². The molecule has 2 N–H and O–H groups in total. The van der Waals surface area contributed by atoms with Crippen LogP contribution in [0.3, 0.4) is 0 Å². The van der Waals surface area contributed by atoms with Crippen molar-refractivity contribution in [2.45, 2.75) is 32.2 Å². The van der Waals surface area contributed by atoms with Gasteiger partial charge in [-0.05, 0) is 31.9 Å². The molecule has 0 aliphatic carbocycles. The monoisotopic (exact) mass is 279 g/mol. The van der Waals surface area contributed by atoms with Crippen LogP contribution in [-0.2, 0) is 4.74 Å². The first-order chi connectivity index (χ1) is 9.56. The van der Waals surface area contributed by atoms with Crippen LogP contribution in [-0.4, -0.2) is 30.2 Å². The van der Waals surface area contributed by atoms with Gasteiger partial charge in [0.15, 0.2) is 0 Å². The zero-order chi connectivity index (χ0) is 14.6. The number of anilines is 2. The van der Waals surface area contributed by atoms with Gasteiger partial charge < -0.3 is 15.4 Å². The highest BCUT2D eigenvalue weighted by atomic mass is 16.6. The molecule has 0 aromatic heterocycles. The second kappa shape index (κ2) is 6.09. The lowest BCUT2D eigenvalue weighted by Gasteiger charge is -2.25.